The predicted molar refractivity (Wildman–Crippen MR) is 134 cm³/mol. The van der Waals surface area contributed by atoms with Crippen LogP contribution in [0.3, 0.4) is 0 Å². The summed E-state index contributed by atoms with van der Waals surface area (Å²) in [5.41, 5.74) is 1.60. The van der Waals surface area contributed by atoms with Crippen LogP contribution in [-0.2, 0) is 11.2 Å². The van der Waals surface area contributed by atoms with Crippen molar-refractivity contribution in [2.75, 3.05) is 0 Å². The van der Waals surface area contributed by atoms with Crippen LogP contribution in [0.15, 0.2) is 58.7 Å². The van der Waals surface area contributed by atoms with Crippen molar-refractivity contribution in [3.63, 3.8) is 0 Å². The molecule has 0 radical (unpaired) electrons. The highest BCUT2D eigenvalue weighted by Crippen LogP contribution is 2.27. The molecule has 1 unspecified atom stereocenters. The number of hydrogen-bond donors (Lipinski definition) is 1. The van der Waals surface area contributed by atoms with Gasteiger partial charge in [0.25, 0.3) is 0 Å². The number of carbonyl (C=O) groups is 1. The normalized spacial score (nSPS) is 13.6. The summed E-state index contributed by atoms with van der Waals surface area (Å²) >= 11 is 1.90. The van der Waals surface area contributed by atoms with Crippen LogP contribution in [0.2, 0.25) is 19.6 Å². The molecule has 0 aliphatic rings. The first kappa shape index (κ1) is 23.7. The van der Waals surface area contributed by atoms with Crippen molar-refractivity contribution < 1.29 is 14.3 Å². The van der Waals surface area contributed by atoms with Gasteiger partial charge in [-0.1, -0.05) is 56.8 Å². The van der Waals surface area contributed by atoms with Crippen LogP contribution in [0, 0.1) is 0 Å². The highest BCUT2D eigenvalue weighted by Gasteiger charge is 2.22. The monoisotopic (exact) mass is 454 g/mol. The molecule has 0 spiro atoms. The van der Waals surface area contributed by atoms with Gasteiger partial charge in [-0.05, 0) is 61.3 Å². The van der Waals surface area contributed by atoms with Crippen molar-refractivity contribution in [3.05, 3.63) is 64.8 Å². The summed E-state index contributed by atoms with van der Waals surface area (Å²) in [6.07, 6.45) is 10.7. The maximum absolute atomic E-state index is 11.4. The largest absolute Gasteiger partial charge is 0.474 e. The molecule has 2 aromatic heterocycles. The number of aldehydes is 1. The number of allylic oxidation sites excluding steroid dienone is 1. The highest BCUT2D eigenvalue weighted by atomic mass is 32.1. The molecule has 2 heterocycles. The summed E-state index contributed by atoms with van der Waals surface area (Å²) < 4.78 is 7.02. The Hall–Kier alpha value is -1.95. The van der Waals surface area contributed by atoms with Crippen LogP contribution in [0.4, 0.5) is 0 Å². The molecular weight excluding hydrogens is 420 g/mol. The van der Waals surface area contributed by atoms with E-state index < -0.39 is 14.2 Å². The van der Waals surface area contributed by atoms with Crippen LogP contribution in [0.1, 0.15) is 55.1 Å². The van der Waals surface area contributed by atoms with E-state index in [0.29, 0.717) is 6.42 Å². The first-order valence-electron chi connectivity index (χ1n) is 11.3. The number of furan rings is 1. The number of unbranched alkanes of at least 4 members (excludes halogenated alkanes) is 3. The van der Waals surface area contributed by atoms with Crippen molar-refractivity contribution in [2.24, 2.45) is 0 Å². The number of benzene rings is 1. The minimum atomic E-state index is -1.52. The first-order valence-corrected chi connectivity index (χ1v) is 15.6. The molecule has 166 valence electrons. The molecule has 0 aliphatic carbocycles. The van der Waals surface area contributed by atoms with Gasteiger partial charge in [-0.15, -0.1) is 11.3 Å². The fourth-order valence-electron chi connectivity index (χ4n) is 3.67. The quantitative estimate of drug-likeness (QED) is 0.142. The minimum absolute atomic E-state index is 0.449. The number of rotatable bonds is 12. The van der Waals surface area contributed by atoms with Crippen LogP contribution in [0.5, 0.6) is 0 Å². The lowest BCUT2D eigenvalue weighted by molar-refractivity contribution is -0.105. The smallest absolute Gasteiger partial charge is 0.145 e. The van der Waals surface area contributed by atoms with Crippen LogP contribution in [-0.4, -0.2) is 19.5 Å². The molecule has 0 fully saturated rings. The third-order valence-electron chi connectivity index (χ3n) is 5.61. The fraction of sp³-hybridized carbons (Fsp3) is 0.423. The average Bonchev–Trinajstić information content (AvgIpc) is 3.39. The van der Waals surface area contributed by atoms with Gasteiger partial charge < -0.3 is 9.52 Å². The van der Waals surface area contributed by atoms with E-state index >= 15 is 0 Å². The van der Waals surface area contributed by atoms with Gasteiger partial charge in [0.2, 0.25) is 0 Å². The maximum Gasteiger partial charge on any atom is 0.145 e. The Bertz CT molecular complexity index is 976. The van der Waals surface area contributed by atoms with E-state index in [1.807, 2.05) is 23.5 Å². The second-order valence-corrected chi connectivity index (χ2v) is 15.5. The lowest BCUT2D eigenvalue weighted by Crippen LogP contribution is -2.36. The minimum Gasteiger partial charge on any atom is -0.474 e. The van der Waals surface area contributed by atoms with Gasteiger partial charge in [-0.25, -0.2) is 0 Å². The number of fused-ring (bicyclic) bond motifs is 1. The molecular formula is C26H34O3SSi. The predicted octanol–water partition coefficient (Wildman–Crippen LogP) is 6.78. The molecule has 0 amide bonds. The van der Waals surface area contributed by atoms with Crippen molar-refractivity contribution in [3.8, 4) is 0 Å². The molecule has 1 N–H and O–H groups in total. The molecule has 3 rings (SSSR count). The van der Waals surface area contributed by atoms with E-state index in [1.54, 1.807) is 6.26 Å². The molecule has 0 saturated heterocycles. The lowest BCUT2D eigenvalue weighted by Gasteiger charge is -2.11. The number of thiophene rings is 1. The topological polar surface area (TPSA) is 50.4 Å². The van der Waals surface area contributed by atoms with Gasteiger partial charge in [0.05, 0.1) is 17.8 Å². The van der Waals surface area contributed by atoms with Crippen molar-refractivity contribution in [1.82, 2.24) is 0 Å². The van der Waals surface area contributed by atoms with Gasteiger partial charge >= 0.3 is 0 Å². The third kappa shape index (κ3) is 7.02. The Morgan fingerprint density at radius 2 is 1.90 bits per heavy atom. The number of aryl methyl sites for hydroxylation is 1. The standard InChI is InChI=1S/C26H34O3SSi/c1-31(2,3)26-17-22(19-29-26)24(28)15-14-20(18-27)10-6-4-5-7-12-23-16-21-11-8-9-13-25(21)30-23/h8-9,11,13-14,16-19,24,28H,4-7,10,12,15H2,1-3H3/b20-14+. The first-order chi connectivity index (χ1) is 14.9. The van der Waals surface area contributed by atoms with Gasteiger partial charge in [0.15, 0.2) is 0 Å². The summed E-state index contributed by atoms with van der Waals surface area (Å²) in [5, 5.41) is 12.8. The van der Waals surface area contributed by atoms with Crippen molar-refractivity contribution in [2.45, 2.75) is 70.7 Å². The average molecular weight is 455 g/mol. The molecule has 3 aromatic rings. The molecule has 31 heavy (non-hydrogen) atoms. The summed E-state index contributed by atoms with van der Waals surface area (Å²) in [6.45, 7) is 6.65. The molecule has 0 aliphatic heterocycles. The van der Waals surface area contributed by atoms with Crippen LogP contribution in [0.25, 0.3) is 10.1 Å². The zero-order valence-corrected chi connectivity index (χ0v) is 20.7. The summed E-state index contributed by atoms with van der Waals surface area (Å²) in [4.78, 5) is 12.9. The number of aliphatic hydroxyl groups excluding tert-OH is 1. The number of aliphatic hydroxyl groups is 1. The van der Waals surface area contributed by atoms with E-state index in [-0.39, 0.29) is 0 Å². The van der Waals surface area contributed by atoms with Gasteiger partial charge in [-0.2, -0.15) is 0 Å². The molecule has 1 aromatic carbocycles. The second kappa shape index (κ2) is 11.1. The zero-order valence-electron chi connectivity index (χ0n) is 18.9. The van der Waals surface area contributed by atoms with E-state index in [1.165, 1.54) is 27.8 Å². The van der Waals surface area contributed by atoms with Crippen LogP contribution >= 0.6 is 11.3 Å². The molecule has 0 bridgehead atoms. The fourth-order valence-corrected chi connectivity index (χ4v) is 5.79. The van der Waals surface area contributed by atoms with E-state index in [4.69, 9.17) is 4.42 Å². The molecule has 5 heteroatoms. The summed E-state index contributed by atoms with van der Waals surface area (Å²) in [7, 11) is -1.52. The number of carbonyl (C=O) groups excluding carboxylic acids is 1. The molecule has 3 nitrogen and oxygen atoms in total. The van der Waals surface area contributed by atoms with E-state index in [9.17, 15) is 9.90 Å². The molecule has 1 atom stereocenters. The third-order valence-corrected chi connectivity index (χ3v) is 8.53. The Labute approximate surface area is 190 Å². The Kier molecular flexibility index (Phi) is 8.47. The highest BCUT2D eigenvalue weighted by molar-refractivity contribution is 7.19. The van der Waals surface area contributed by atoms with Crippen molar-refractivity contribution >= 4 is 41.2 Å². The maximum atomic E-state index is 11.4. The van der Waals surface area contributed by atoms with E-state index in [0.717, 1.165) is 48.5 Å². The summed E-state index contributed by atoms with van der Waals surface area (Å²) in [5.74, 6) is 0. The molecule has 0 saturated carbocycles. The lowest BCUT2D eigenvalue weighted by atomic mass is 10.0. The van der Waals surface area contributed by atoms with E-state index in [2.05, 4.69) is 50.0 Å². The Morgan fingerprint density at radius 1 is 1.13 bits per heavy atom. The second-order valence-electron chi connectivity index (χ2n) is 9.31. The SMILES string of the molecule is C[Si](C)(C)c1cc(C(O)C/C=C(/C=O)CCCCCCc2cc3ccccc3s2)co1. The Morgan fingerprint density at radius 3 is 2.61 bits per heavy atom. The van der Waals surface area contributed by atoms with Crippen molar-refractivity contribution in [1.29, 1.82) is 0 Å². The Balaban J connectivity index is 1.37. The van der Waals surface area contributed by atoms with Gasteiger partial charge in [0.1, 0.15) is 14.4 Å². The van der Waals surface area contributed by atoms with Gasteiger partial charge in [0, 0.05) is 15.1 Å². The van der Waals surface area contributed by atoms with Crippen LogP contribution < -0.4 is 5.38 Å². The number of hydrogen-bond acceptors (Lipinski definition) is 4. The zero-order chi connectivity index (χ0) is 22.3. The summed E-state index contributed by atoms with van der Waals surface area (Å²) in [6, 6.07) is 12.8. The van der Waals surface area contributed by atoms with Gasteiger partial charge in [-0.3, -0.25) is 4.79 Å².